The zero-order valence-corrected chi connectivity index (χ0v) is 14.3. The van der Waals surface area contributed by atoms with Gasteiger partial charge in [0.25, 0.3) is 11.5 Å². The molecular formula is C18H19N5O3. The molecule has 3 aromatic rings. The van der Waals surface area contributed by atoms with Crippen molar-refractivity contribution in [3.8, 4) is 11.6 Å². The van der Waals surface area contributed by atoms with Gasteiger partial charge in [0.1, 0.15) is 5.75 Å². The SMILES string of the molecule is Cc1ccc(OCC(=O)NCCn2nc(-n3cccn3)ccc2=O)cc1. The molecule has 0 saturated carbocycles. The Bertz CT molecular complexity index is 917. The number of amides is 1. The Morgan fingerprint density at radius 3 is 2.73 bits per heavy atom. The largest absolute Gasteiger partial charge is 0.484 e. The van der Waals surface area contributed by atoms with Crippen molar-refractivity contribution in [2.75, 3.05) is 13.2 Å². The van der Waals surface area contributed by atoms with Crippen molar-refractivity contribution in [2.45, 2.75) is 13.5 Å². The smallest absolute Gasteiger partial charge is 0.266 e. The van der Waals surface area contributed by atoms with Crippen LogP contribution in [0.5, 0.6) is 5.75 Å². The lowest BCUT2D eigenvalue weighted by molar-refractivity contribution is -0.123. The molecular weight excluding hydrogens is 334 g/mol. The van der Waals surface area contributed by atoms with Gasteiger partial charge < -0.3 is 10.1 Å². The van der Waals surface area contributed by atoms with Crippen molar-refractivity contribution >= 4 is 5.91 Å². The number of carbonyl (C=O) groups excluding carboxylic acids is 1. The van der Waals surface area contributed by atoms with Crippen LogP contribution in [0, 0.1) is 6.92 Å². The Labute approximate surface area is 150 Å². The van der Waals surface area contributed by atoms with Gasteiger partial charge in [-0.2, -0.15) is 5.10 Å². The van der Waals surface area contributed by atoms with E-state index in [-0.39, 0.29) is 31.2 Å². The lowest BCUT2D eigenvalue weighted by atomic mass is 10.2. The predicted octanol–water partition coefficient (Wildman–Crippen LogP) is 0.933. The van der Waals surface area contributed by atoms with Gasteiger partial charge >= 0.3 is 0 Å². The molecule has 0 bridgehead atoms. The number of hydrogen-bond acceptors (Lipinski definition) is 5. The molecule has 3 rings (SSSR count). The predicted molar refractivity (Wildman–Crippen MR) is 95.3 cm³/mol. The summed E-state index contributed by atoms with van der Waals surface area (Å²) in [6.07, 6.45) is 3.37. The third-order valence-corrected chi connectivity index (χ3v) is 3.63. The van der Waals surface area contributed by atoms with E-state index in [1.165, 1.54) is 10.7 Å². The lowest BCUT2D eigenvalue weighted by Crippen LogP contribution is -2.34. The summed E-state index contributed by atoms with van der Waals surface area (Å²) < 4.78 is 8.26. The molecule has 0 spiro atoms. The Hall–Kier alpha value is -3.42. The van der Waals surface area contributed by atoms with Gasteiger partial charge in [-0.3, -0.25) is 9.59 Å². The maximum Gasteiger partial charge on any atom is 0.266 e. The highest BCUT2D eigenvalue weighted by Crippen LogP contribution is 2.10. The van der Waals surface area contributed by atoms with Gasteiger partial charge in [0.2, 0.25) is 0 Å². The standard InChI is InChI=1S/C18H19N5O3/c1-14-3-5-15(6-4-14)26-13-17(24)19-10-12-23-18(25)8-7-16(21-23)22-11-2-9-20-22/h2-9,11H,10,12-13H2,1H3,(H,19,24). The lowest BCUT2D eigenvalue weighted by Gasteiger charge is -2.09. The molecule has 0 aliphatic carbocycles. The molecule has 2 aromatic heterocycles. The highest BCUT2D eigenvalue weighted by atomic mass is 16.5. The molecule has 0 radical (unpaired) electrons. The molecule has 0 aliphatic rings. The molecule has 8 heteroatoms. The van der Waals surface area contributed by atoms with Gasteiger partial charge in [-0.05, 0) is 31.2 Å². The molecule has 0 fully saturated rings. The van der Waals surface area contributed by atoms with Gasteiger partial charge in [0, 0.05) is 25.0 Å². The highest BCUT2D eigenvalue weighted by molar-refractivity contribution is 5.77. The molecule has 0 aliphatic heterocycles. The van der Waals surface area contributed by atoms with Crippen LogP contribution >= 0.6 is 0 Å². The van der Waals surface area contributed by atoms with E-state index in [0.29, 0.717) is 11.6 Å². The fraction of sp³-hybridized carbons (Fsp3) is 0.222. The van der Waals surface area contributed by atoms with E-state index in [1.54, 1.807) is 29.2 Å². The average molecular weight is 353 g/mol. The first-order valence-corrected chi connectivity index (χ1v) is 8.16. The Morgan fingerprint density at radius 1 is 1.19 bits per heavy atom. The fourth-order valence-electron chi connectivity index (χ4n) is 2.26. The minimum Gasteiger partial charge on any atom is -0.484 e. The molecule has 1 aromatic carbocycles. The van der Waals surface area contributed by atoms with Crippen LogP contribution in [0.1, 0.15) is 5.56 Å². The first-order chi connectivity index (χ1) is 12.6. The normalized spacial score (nSPS) is 10.5. The second-order valence-corrected chi connectivity index (χ2v) is 5.66. The monoisotopic (exact) mass is 353 g/mol. The van der Waals surface area contributed by atoms with Gasteiger partial charge in [-0.25, -0.2) is 9.36 Å². The maximum atomic E-state index is 11.9. The number of benzene rings is 1. The van der Waals surface area contributed by atoms with Crippen molar-refractivity contribution in [3.63, 3.8) is 0 Å². The molecule has 1 N–H and O–H groups in total. The third-order valence-electron chi connectivity index (χ3n) is 3.63. The van der Waals surface area contributed by atoms with E-state index in [0.717, 1.165) is 5.56 Å². The minimum absolute atomic E-state index is 0.0846. The van der Waals surface area contributed by atoms with Crippen molar-refractivity contribution in [1.29, 1.82) is 0 Å². The summed E-state index contributed by atoms with van der Waals surface area (Å²) in [7, 11) is 0. The van der Waals surface area contributed by atoms with Gasteiger partial charge in [-0.1, -0.05) is 17.7 Å². The molecule has 1 amide bonds. The number of ether oxygens (including phenoxy) is 1. The summed E-state index contributed by atoms with van der Waals surface area (Å²) >= 11 is 0. The number of rotatable bonds is 7. The van der Waals surface area contributed by atoms with E-state index >= 15 is 0 Å². The van der Waals surface area contributed by atoms with Crippen LogP contribution < -0.4 is 15.6 Å². The Balaban J connectivity index is 1.49. The van der Waals surface area contributed by atoms with E-state index in [2.05, 4.69) is 15.5 Å². The number of nitrogens with one attached hydrogen (secondary N) is 1. The summed E-state index contributed by atoms with van der Waals surface area (Å²) in [5, 5.41) is 11.0. The molecule has 0 unspecified atom stereocenters. The number of aromatic nitrogens is 4. The van der Waals surface area contributed by atoms with Crippen LogP contribution in [0.15, 0.2) is 59.7 Å². The average Bonchev–Trinajstić information content (AvgIpc) is 3.17. The quantitative estimate of drug-likeness (QED) is 0.682. The van der Waals surface area contributed by atoms with E-state index in [4.69, 9.17) is 4.74 Å². The zero-order valence-electron chi connectivity index (χ0n) is 14.3. The van der Waals surface area contributed by atoms with Crippen LogP contribution in [-0.2, 0) is 11.3 Å². The Kier molecular flexibility index (Phi) is 5.43. The van der Waals surface area contributed by atoms with Crippen LogP contribution in [0.3, 0.4) is 0 Å². The topological polar surface area (TPSA) is 91.0 Å². The van der Waals surface area contributed by atoms with Gasteiger partial charge in [-0.15, -0.1) is 5.10 Å². The first-order valence-electron chi connectivity index (χ1n) is 8.16. The number of aryl methyl sites for hydroxylation is 1. The zero-order chi connectivity index (χ0) is 18.4. The van der Waals surface area contributed by atoms with Crippen LogP contribution in [0.25, 0.3) is 5.82 Å². The first kappa shape index (κ1) is 17.4. The minimum atomic E-state index is -0.262. The summed E-state index contributed by atoms with van der Waals surface area (Å²) in [6.45, 7) is 2.42. The van der Waals surface area contributed by atoms with E-state index in [1.807, 2.05) is 31.2 Å². The number of nitrogens with zero attached hydrogens (tertiary/aromatic N) is 4. The summed E-state index contributed by atoms with van der Waals surface area (Å²) in [5.74, 6) is 0.904. The molecule has 26 heavy (non-hydrogen) atoms. The van der Waals surface area contributed by atoms with Gasteiger partial charge in [0.05, 0.1) is 6.54 Å². The Morgan fingerprint density at radius 2 is 2.00 bits per heavy atom. The number of carbonyl (C=O) groups is 1. The second-order valence-electron chi connectivity index (χ2n) is 5.66. The number of hydrogen-bond donors (Lipinski definition) is 1. The molecule has 0 atom stereocenters. The van der Waals surface area contributed by atoms with Crippen LogP contribution in [0.2, 0.25) is 0 Å². The van der Waals surface area contributed by atoms with E-state index < -0.39 is 0 Å². The van der Waals surface area contributed by atoms with E-state index in [9.17, 15) is 9.59 Å². The van der Waals surface area contributed by atoms with Crippen molar-refractivity contribution < 1.29 is 9.53 Å². The molecule has 0 saturated heterocycles. The fourth-order valence-corrected chi connectivity index (χ4v) is 2.26. The third kappa shape index (κ3) is 4.56. The summed E-state index contributed by atoms with van der Waals surface area (Å²) in [5.41, 5.74) is 0.878. The molecule has 2 heterocycles. The highest BCUT2D eigenvalue weighted by Gasteiger charge is 2.05. The van der Waals surface area contributed by atoms with Crippen molar-refractivity contribution in [1.82, 2.24) is 24.9 Å². The second kappa shape index (κ2) is 8.11. The molecule has 8 nitrogen and oxygen atoms in total. The van der Waals surface area contributed by atoms with Crippen molar-refractivity contribution in [2.24, 2.45) is 0 Å². The molecule has 134 valence electrons. The van der Waals surface area contributed by atoms with Gasteiger partial charge in [0.15, 0.2) is 12.4 Å². The van der Waals surface area contributed by atoms with Crippen molar-refractivity contribution in [3.05, 3.63) is 70.8 Å². The summed E-state index contributed by atoms with van der Waals surface area (Å²) in [4.78, 5) is 23.7. The van der Waals surface area contributed by atoms with Crippen LogP contribution in [0.4, 0.5) is 0 Å². The van der Waals surface area contributed by atoms with Crippen LogP contribution in [-0.4, -0.2) is 38.6 Å². The summed E-state index contributed by atoms with van der Waals surface area (Å²) in [6, 6.07) is 12.2. The maximum absolute atomic E-state index is 11.9.